The molecule has 2 aromatic carbocycles. The Hall–Kier alpha value is -2.94. The van der Waals surface area contributed by atoms with Gasteiger partial charge in [0.2, 0.25) is 0 Å². The van der Waals surface area contributed by atoms with Gasteiger partial charge in [0.05, 0.1) is 0 Å². The predicted molar refractivity (Wildman–Crippen MR) is 149 cm³/mol. The fraction of sp³-hybridized carbons (Fsp3) is 0.296. The van der Waals surface area contributed by atoms with Crippen LogP contribution in [0, 0.1) is 6.92 Å². The van der Waals surface area contributed by atoms with Crippen LogP contribution in [0.25, 0.3) is 0 Å². The predicted octanol–water partition coefficient (Wildman–Crippen LogP) is 5.21. The summed E-state index contributed by atoms with van der Waals surface area (Å²) in [5.74, 6) is 1.91. The molecular weight excluding hydrogens is 535 g/mol. The number of rotatable bonds is 2. The molecule has 0 amide bonds. The third-order valence-corrected chi connectivity index (χ3v) is 20.6. The number of fused-ring (bicyclic) bond motifs is 7. The van der Waals surface area contributed by atoms with Crippen molar-refractivity contribution in [2.75, 3.05) is 28.8 Å². The molecule has 0 radical (unpaired) electrons. The zero-order valence-corrected chi connectivity index (χ0v) is 22.1. The van der Waals surface area contributed by atoms with E-state index >= 15 is 0 Å². The van der Waals surface area contributed by atoms with Crippen LogP contribution in [0.4, 0.5) is 23.0 Å². The number of alkyl halides is 3. The van der Waals surface area contributed by atoms with Gasteiger partial charge in [-0.25, -0.2) is 0 Å². The average molecular weight is 564 g/mol. The Labute approximate surface area is 204 Å². The summed E-state index contributed by atoms with van der Waals surface area (Å²) in [5, 5.41) is 0. The van der Waals surface area contributed by atoms with E-state index in [9.17, 15) is 0 Å². The summed E-state index contributed by atoms with van der Waals surface area (Å²) < 4.78 is 6.00. The summed E-state index contributed by atoms with van der Waals surface area (Å²) in [4.78, 5) is 19.4. The molecule has 0 bridgehead atoms. The standard InChI is InChI=1S/C27H29IN6/c1-18-10-6-8-12-20(18)34-24-23(29-14-15-30-24)32(5)26(34)28(3)22-19-11-7-9-13-21(19)33-17-16-31(4)25(33)27(22,28)2/h6-17,22,25-26H,3H2,1-2,4-5H3. The minimum atomic E-state index is -2.90. The van der Waals surface area contributed by atoms with Crippen molar-refractivity contribution < 1.29 is 0 Å². The third-order valence-electron chi connectivity index (χ3n) is 8.18. The first-order valence-electron chi connectivity index (χ1n) is 11.6. The summed E-state index contributed by atoms with van der Waals surface area (Å²) in [6.07, 6.45) is 8.39. The first-order valence-corrected chi connectivity index (χ1v) is 16.7. The number of hydrogen-bond acceptors (Lipinski definition) is 6. The maximum absolute atomic E-state index is 5.27. The molecule has 0 N–H and O–H groups in total. The molecule has 3 aromatic rings. The van der Waals surface area contributed by atoms with Crippen LogP contribution in [-0.2, 0) is 0 Å². The molecule has 4 aliphatic rings. The van der Waals surface area contributed by atoms with Crippen molar-refractivity contribution in [2.24, 2.45) is 0 Å². The molecule has 7 heteroatoms. The van der Waals surface area contributed by atoms with Crippen molar-refractivity contribution in [3.05, 3.63) is 84.5 Å². The molecule has 5 atom stereocenters. The Morgan fingerprint density at radius 1 is 0.912 bits per heavy atom. The van der Waals surface area contributed by atoms with Gasteiger partial charge in [0.1, 0.15) is 0 Å². The Morgan fingerprint density at radius 2 is 1.59 bits per heavy atom. The van der Waals surface area contributed by atoms with Gasteiger partial charge >= 0.3 is 205 Å². The Morgan fingerprint density at radius 3 is 2.35 bits per heavy atom. The maximum atomic E-state index is 5.27. The van der Waals surface area contributed by atoms with Crippen molar-refractivity contribution >= 4 is 45.5 Å². The van der Waals surface area contributed by atoms with Gasteiger partial charge in [-0.1, -0.05) is 0 Å². The number of aromatic nitrogens is 2. The van der Waals surface area contributed by atoms with Crippen LogP contribution < -0.4 is 14.7 Å². The van der Waals surface area contributed by atoms with E-state index in [1.54, 1.807) is 0 Å². The number of halogens is 1. The van der Waals surface area contributed by atoms with Crippen LogP contribution in [0.1, 0.15) is 22.0 Å². The summed E-state index contributed by atoms with van der Waals surface area (Å²) >= 11 is -2.90. The first-order chi connectivity index (χ1) is 16.4. The molecule has 1 saturated heterocycles. The van der Waals surface area contributed by atoms with Crippen molar-refractivity contribution in [1.29, 1.82) is 0 Å². The SMILES string of the molecule is C=I1(C2N(C)c3nccnc3N2c2ccccc2C)C2c3ccccc3N3C=CN(C)C3C21C. The van der Waals surface area contributed by atoms with Crippen LogP contribution in [0.15, 0.2) is 73.3 Å². The second kappa shape index (κ2) is 6.59. The van der Waals surface area contributed by atoms with Crippen molar-refractivity contribution in [3.8, 4) is 0 Å². The topological polar surface area (TPSA) is 38.7 Å². The quantitative estimate of drug-likeness (QED) is 0.242. The van der Waals surface area contributed by atoms with E-state index in [2.05, 4.69) is 108 Å². The molecule has 5 heterocycles. The van der Waals surface area contributed by atoms with Crippen molar-refractivity contribution in [3.63, 3.8) is 0 Å². The number of anilines is 4. The minimum absolute atomic E-state index is 0.0982. The summed E-state index contributed by atoms with van der Waals surface area (Å²) in [6.45, 7) is 4.70. The average Bonchev–Trinajstić information content (AvgIpc) is 3.10. The van der Waals surface area contributed by atoms with Gasteiger partial charge in [0.15, 0.2) is 0 Å². The van der Waals surface area contributed by atoms with Crippen molar-refractivity contribution in [1.82, 2.24) is 14.9 Å². The van der Waals surface area contributed by atoms with Gasteiger partial charge in [-0.15, -0.1) is 0 Å². The molecule has 0 aliphatic carbocycles. The van der Waals surface area contributed by atoms with Crippen LogP contribution in [-0.4, -0.2) is 47.2 Å². The van der Waals surface area contributed by atoms with E-state index in [-0.39, 0.29) is 13.8 Å². The second-order valence-corrected chi connectivity index (χ2v) is 19.1. The van der Waals surface area contributed by atoms with E-state index in [1.165, 1.54) is 22.5 Å². The van der Waals surface area contributed by atoms with Gasteiger partial charge in [0.25, 0.3) is 0 Å². The molecule has 0 spiro atoms. The van der Waals surface area contributed by atoms with Gasteiger partial charge in [-0.05, 0) is 0 Å². The van der Waals surface area contributed by atoms with Crippen LogP contribution >= 0.6 is 18.0 Å². The van der Waals surface area contributed by atoms with Gasteiger partial charge in [0, 0.05) is 0 Å². The summed E-state index contributed by atoms with van der Waals surface area (Å²) in [5.41, 5.74) is 5.25. The van der Waals surface area contributed by atoms with Gasteiger partial charge < -0.3 is 0 Å². The zero-order chi connectivity index (χ0) is 23.4. The number of para-hydroxylation sites is 2. The molecule has 4 aliphatic heterocycles. The molecule has 174 valence electrons. The second-order valence-electron chi connectivity index (χ2n) is 9.89. The Balaban J connectivity index is 1.47. The number of hydrogen-bond donors (Lipinski definition) is 0. The molecule has 1 fully saturated rings. The fourth-order valence-corrected chi connectivity index (χ4v) is 21.1. The fourth-order valence-electron chi connectivity index (χ4n) is 6.67. The number of aryl methyl sites for hydroxylation is 1. The van der Waals surface area contributed by atoms with Crippen LogP contribution in [0.2, 0.25) is 0 Å². The monoisotopic (exact) mass is 564 g/mol. The normalized spacial score (nSPS) is 34.3. The molecule has 0 saturated carbocycles. The first kappa shape index (κ1) is 20.4. The molecule has 34 heavy (non-hydrogen) atoms. The Kier molecular flexibility index (Phi) is 3.96. The van der Waals surface area contributed by atoms with Crippen LogP contribution in [0.3, 0.4) is 0 Å². The zero-order valence-electron chi connectivity index (χ0n) is 19.9. The number of benzene rings is 2. The molecular formula is C27H29IN6. The molecule has 1 aromatic heterocycles. The molecule has 7 rings (SSSR count). The van der Waals surface area contributed by atoms with Crippen LogP contribution in [0.5, 0.6) is 0 Å². The summed E-state index contributed by atoms with van der Waals surface area (Å²) in [7, 11) is 4.41. The van der Waals surface area contributed by atoms with E-state index in [4.69, 9.17) is 14.5 Å². The van der Waals surface area contributed by atoms with E-state index < -0.39 is 18.0 Å². The Bertz CT molecular complexity index is 1420. The van der Waals surface area contributed by atoms with Gasteiger partial charge in [-0.3, -0.25) is 0 Å². The van der Waals surface area contributed by atoms with Crippen molar-refractivity contribution in [2.45, 2.75) is 31.5 Å². The molecule has 5 unspecified atom stereocenters. The molecule has 6 nitrogen and oxygen atoms in total. The van der Waals surface area contributed by atoms with E-state index in [1.807, 2.05) is 12.4 Å². The number of nitrogens with zero attached hydrogens (tertiary/aromatic N) is 6. The summed E-state index contributed by atoms with van der Waals surface area (Å²) in [6, 6.07) is 17.6. The van der Waals surface area contributed by atoms with E-state index in [0.29, 0.717) is 3.92 Å². The third kappa shape index (κ3) is 2.20. The van der Waals surface area contributed by atoms with E-state index in [0.717, 1.165) is 11.6 Å². The van der Waals surface area contributed by atoms with Gasteiger partial charge in [-0.2, -0.15) is 0 Å².